The molecule has 0 saturated carbocycles. The second kappa shape index (κ2) is 6.91. The average molecular weight is 249 g/mol. The van der Waals surface area contributed by atoms with E-state index in [-0.39, 0.29) is 5.60 Å². The maximum Gasteiger partial charge on any atom is 0.0724 e. The summed E-state index contributed by atoms with van der Waals surface area (Å²) in [5.41, 5.74) is 2.60. The highest BCUT2D eigenvalue weighted by atomic mass is 16.5. The molecule has 0 aliphatic rings. The van der Waals surface area contributed by atoms with Gasteiger partial charge >= 0.3 is 0 Å². The lowest BCUT2D eigenvalue weighted by Crippen LogP contribution is -2.22. The molecule has 1 unspecified atom stereocenters. The zero-order chi connectivity index (χ0) is 13.6. The van der Waals surface area contributed by atoms with Crippen LogP contribution in [0.1, 0.15) is 51.2 Å². The number of hydrogen-bond acceptors (Lipinski definition) is 2. The second-order valence-corrected chi connectivity index (χ2v) is 5.60. The summed E-state index contributed by atoms with van der Waals surface area (Å²) in [4.78, 5) is 0. The van der Waals surface area contributed by atoms with Crippen LogP contribution in [0, 0.1) is 0 Å². The van der Waals surface area contributed by atoms with Gasteiger partial charge in [-0.3, -0.25) is 0 Å². The van der Waals surface area contributed by atoms with E-state index in [1.807, 2.05) is 7.05 Å². The molecule has 2 heteroatoms. The van der Waals surface area contributed by atoms with Crippen LogP contribution in [0.15, 0.2) is 24.3 Å². The Morgan fingerprint density at radius 3 is 2.33 bits per heavy atom. The van der Waals surface area contributed by atoms with Gasteiger partial charge in [0.15, 0.2) is 0 Å². The summed E-state index contributed by atoms with van der Waals surface area (Å²) in [6.45, 7) is 10.4. The highest BCUT2D eigenvalue weighted by molar-refractivity contribution is 5.24. The molecule has 18 heavy (non-hydrogen) atoms. The number of hydrogen-bond donors (Lipinski definition) is 1. The van der Waals surface area contributed by atoms with E-state index in [1.165, 1.54) is 11.1 Å². The summed E-state index contributed by atoms with van der Waals surface area (Å²) < 4.78 is 5.90. The van der Waals surface area contributed by atoms with Gasteiger partial charge in [-0.25, -0.2) is 0 Å². The third-order valence-corrected chi connectivity index (χ3v) is 3.54. The lowest BCUT2D eigenvalue weighted by Gasteiger charge is -2.23. The molecule has 0 aliphatic carbocycles. The largest absolute Gasteiger partial charge is 0.371 e. The first-order chi connectivity index (χ1) is 8.48. The Morgan fingerprint density at radius 2 is 1.83 bits per heavy atom. The molecule has 1 N–H and O–H groups in total. The number of ether oxygens (including phenoxy) is 1. The molecule has 2 nitrogen and oxygen atoms in total. The van der Waals surface area contributed by atoms with Crippen molar-refractivity contribution >= 4 is 0 Å². The molecule has 0 heterocycles. The SMILES string of the molecule is CCC(C)(C)OCc1ccc(C(C)CNC)cc1. The van der Waals surface area contributed by atoms with E-state index in [2.05, 4.69) is 57.3 Å². The van der Waals surface area contributed by atoms with Crippen molar-refractivity contribution in [2.75, 3.05) is 13.6 Å². The summed E-state index contributed by atoms with van der Waals surface area (Å²) >= 11 is 0. The van der Waals surface area contributed by atoms with E-state index in [0.717, 1.165) is 13.0 Å². The maximum atomic E-state index is 5.90. The Balaban J connectivity index is 2.55. The van der Waals surface area contributed by atoms with Gasteiger partial charge in [-0.05, 0) is 44.4 Å². The Hall–Kier alpha value is -0.860. The molecule has 0 radical (unpaired) electrons. The van der Waals surface area contributed by atoms with Crippen LogP contribution in [0.5, 0.6) is 0 Å². The fourth-order valence-electron chi connectivity index (χ4n) is 1.75. The van der Waals surface area contributed by atoms with Crippen molar-refractivity contribution < 1.29 is 4.74 Å². The Kier molecular flexibility index (Phi) is 5.83. The summed E-state index contributed by atoms with van der Waals surface area (Å²) in [6.07, 6.45) is 1.03. The molecule has 102 valence electrons. The molecular weight excluding hydrogens is 222 g/mol. The van der Waals surface area contributed by atoms with E-state index in [9.17, 15) is 0 Å². The predicted molar refractivity (Wildman–Crippen MR) is 77.9 cm³/mol. The van der Waals surface area contributed by atoms with E-state index in [4.69, 9.17) is 4.74 Å². The molecular formula is C16H27NO. The van der Waals surface area contributed by atoms with Gasteiger partial charge in [0.25, 0.3) is 0 Å². The Morgan fingerprint density at radius 1 is 1.22 bits per heavy atom. The van der Waals surface area contributed by atoms with Crippen LogP contribution in [-0.2, 0) is 11.3 Å². The summed E-state index contributed by atoms with van der Waals surface area (Å²) in [5.74, 6) is 0.553. The van der Waals surface area contributed by atoms with Crippen molar-refractivity contribution in [2.24, 2.45) is 0 Å². The smallest absolute Gasteiger partial charge is 0.0724 e. The molecule has 0 spiro atoms. The number of benzene rings is 1. The minimum atomic E-state index is -0.0297. The molecule has 0 bridgehead atoms. The van der Waals surface area contributed by atoms with E-state index < -0.39 is 0 Å². The Labute approximate surface area is 112 Å². The number of rotatable bonds is 7. The van der Waals surface area contributed by atoms with Gasteiger partial charge in [0.2, 0.25) is 0 Å². The molecule has 1 aromatic carbocycles. The molecule has 0 fully saturated rings. The number of likely N-dealkylation sites (N-methyl/N-ethyl adjacent to an activating group) is 1. The third kappa shape index (κ3) is 4.79. The summed E-state index contributed by atoms with van der Waals surface area (Å²) in [7, 11) is 1.99. The lowest BCUT2D eigenvalue weighted by molar-refractivity contribution is -0.0316. The van der Waals surface area contributed by atoms with Crippen LogP contribution < -0.4 is 5.32 Å². The maximum absolute atomic E-state index is 5.90. The van der Waals surface area contributed by atoms with Crippen LogP contribution in [0.3, 0.4) is 0 Å². The van der Waals surface area contributed by atoms with Crippen molar-refractivity contribution in [3.63, 3.8) is 0 Å². The number of nitrogens with one attached hydrogen (secondary N) is 1. The van der Waals surface area contributed by atoms with Crippen LogP contribution >= 0.6 is 0 Å². The monoisotopic (exact) mass is 249 g/mol. The first kappa shape index (κ1) is 15.2. The van der Waals surface area contributed by atoms with Gasteiger partial charge < -0.3 is 10.1 Å². The van der Waals surface area contributed by atoms with Crippen LogP contribution in [0.25, 0.3) is 0 Å². The van der Waals surface area contributed by atoms with Crippen molar-refractivity contribution in [3.8, 4) is 0 Å². The van der Waals surface area contributed by atoms with Gasteiger partial charge in [-0.15, -0.1) is 0 Å². The van der Waals surface area contributed by atoms with E-state index in [1.54, 1.807) is 0 Å². The van der Waals surface area contributed by atoms with E-state index in [0.29, 0.717) is 12.5 Å². The molecule has 0 aromatic heterocycles. The highest BCUT2D eigenvalue weighted by Crippen LogP contribution is 2.19. The van der Waals surface area contributed by atoms with Crippen LogP contribution in [0.4, 0.5) is 0 Å². The fourth-order valence-corrected chi connectivity index (χ4v) is 1.75. The molecule has 1 rings (SSSR count). The molecule has 0 saturated heterocycles. The van der Waals surface area contributed by atoms with Gasteiger partial charge in [-0.2, -0.15) is 0 Å². The standard InChI is InChI=1S/C16H27NO/c1-6-16(3,4)18-12-14-7-9-15(10-8-14)13(2)11-17-5/h7-10,13,17H,6,11-12H2,1-5H3. The van der Waals surface area contributed by atoms with Gasteiger partial charge in [0.1, 0.15) is 0 Å². The minimum absolute atomic E-state index is 0.0297. The molecule has 0 aliphatic heterocycles. The van der Waals surface area contributed by atoms with Gasteiger partial charge in [0.05, 0.1) is 12.2 Å². The summed E-state index contributed by atoms with van der Waals surface area (Å²) in [6, 6.07) is 8.76. The fraction of sp³-hybridized carbons (Fsp3) is 0.625. The van der Waals surface area contributed by atoms with Gasteiger partial charge in [0, 0.05) is 6.54 Å². The molecule has 1 aromatic rings. The normalized spacial score (nSPS) is 13.6. The predicted octanol–water partition coefficient (Wildman–Crippen LogP) is 3.71. The first-order valence-corrected chi connectivity index (χ1v) is 6.86. The topological polar surface area (TPSA) is 21.3 Å². The lowest BCUT2D eigenvalue weighted by atomic mass is 10.00. The van der Waals surface area contributed by atoms with Crippen molar-refractivity contribution in [2.45, 2.75) is 52.2 Å². The quantitative estimate of drug-likeness (QED) is 0.795. The minimum Gasteiger partial charge on any atom is -0.371 e. The summed E-state index contributed by atoms with van der Waals surface area (Å²) in [5, 5.41) is 3.21. The Bertz CT molecular complexity index is 343. The van der Waals surface area contributed by atoms with E-state index >= 15 is 0 Å². The first-order valence-electron chi connectivity index (χ1n) is 6.86. The van der Waals surface area contributed by atoms with Crippen LogP contribution in [0.2, 0.25) is 0 Å². The van der Waals surface area contributed by atoms with Gasteiger partial charge in [-0.1, -0.05) is 38.1 Å². The van der Waals surface area contributed by atoms with Crippen LogP contribution in [-0.4, -0.2) is 19.2 Å². The van der Waals surface area contributed by atoms with Crippen molar-refractivity contribution in [1.29, 1.82) is 0 Å². The van der Waals surface area contributed by atoms with Crippen molar-refractivity contribution in [3.05, 3.63) is 35.4 Å². The molecule has 0 amide bonds. The zero-order valence-electron chi connectivity index (χ0n) is 12.4. The second-order valence-electron chi connectivity index (χ2n) is 5.60. The highest BCUT2D eigenvalue weighted by Gasteiger charge is 2.15. The third-order valence-electron chi connectivity index (χ3n) is 3.54. The average Bonchev–Trinajstić information content (AvgIpc) is 2.37. The molecule has 1 atom stereocenters. The zero-order valence-corrected chi connectivity index (χ0v) is 12.4. The van der Waals surface area contributed by atoms with Crippen molar-refractivity contribution in [1.82, 2.24) is 5.32 Å².